The molecule has 0 saturated carbocycles. The molecule has 0 radical (unpaired) electrons. The van der Waals surface area contributed by atoms with Crippen molar-refractivity contribution in [3.05, 3.63) is 0 Å². The van der Waals surface area contributed by atoms with E-state index < -0.39 is 24.7 Å². The molecule has 1 aliphatic rings. The van der Waals surface area contributed by atoms with Crippen LogP contribution in [0.5, 0.6) is 0 Å². The van der Waals surface area contributed by atoms with E-state index in [0.717, 1.165) is 32.0 Å². The summed E-state index contributed by atoms with van der Waals surface area (Å²) in [7, 11) is 0. The minimum absolute atomic E-state index is 0.0532. The van der Waals surface area contributed by atoms with Crippen LogP contribution in [0.4, 0.5) is 13.2 Å². The average Bonchev–Trinajstić information content (AvgIpc) is 2.94. The van der Waals surface area contributed by atoms with Crippen LogP contribution >= 0.6 is 0 Å². The topological polar surface area (TPSA) is 98.0 Å². The maximum Gasteiger partial charge on any atom is 0.575 e. The maximum absolute atomic E-state index is 10.9. The van der Waals surface area contributed by atoms with Crippen LogP contribution in [0, 0.1) is 11.8 Å². The third kappa shape index (κ3) is 35.8. The van der Waals surface area contributed by atoms with Crippen LogP contribution in [0.25, 0.3) is 0 Å². The number of carbonyl (C=O) groups is 1. The van der Waals surface area contributed by atoms with Gasteiger partial charge in [0.1, 0.15) is 13.2 Å². The van der Waals surface area contributed by atoms with Crippen molar-refractivity contribution in [3.8, 4) is 0 Å². The van der Waals surface area contributed by atoms with Crippen molar-refractivity contribution in [1.29, 1.82) is 0 Å². The summed E-state index contributed by atoms with van der Waals surface area (Å²) in [5.41, 5.74) is 0. The summed E-state index contributed by atoms with van der Waals surface area (Å²) >= 11 is 0. The number of carbonyl (C=O) groups excluding carboxylic acids is 1. The Morgan fingerprint density at radius 1 is 0.844 bits per heavy atom. The van der Waals surface area contributed by atoms with Crippen LogP contribution in [-0.4, -0.2) is 72.2 Å². The van der Waals surface area contributed by atoms with E-state index in [9.17, 15) is 28.2 Å². The van der Waals surface area contributed by atoms with Crippen molar-refractivity contribution in [3.63, 3.8) is 0 Å². The van der Waals surface area contributed by atoms with Gasteiger partial charge in [-0.15, -0.1) is 13.2 Å². The molecule has 1 rings (SSSR count). The predicted molar refractivity (Wildman–Crippen MR) is 176 cm³/mol. The Hall–Kier alpha value is -0.940. The molecule has 1 fully saturated rings. The first-order valence-electron chi connectivity index (χ1n) is 17.8. The summed E-state index contributed by atoms with van der Waals surface area (Å²) in [5.74, 6) is -0.569. The second-order valence-corrected chi connectivity index (χ2v) is 12.9. The molecule has 4 atom stereocenters. The number of halogens is 3. The SMILES string of the molecule is CC(=O)OC(F)(F)F.CC(C)C.CCCCCCCCCCCCCCCCC[OH+]CCCCOC1OC(CO)CC(O)[C@H]1C. The highest BCUT2D eigenvalue weighted by atomic mass is 19.4. The molecule has 1 saturated heterocycles. The fourth-order valence-electron chi connectivity index (χ4n) is 4.74. The molecule has 272 valence electrons. The zero-order valence-electron chi connectivity index (χ0n) is 29.6. The molecule has 0 spiro atoms. The molecule has 0 aromatic carbocycles. The lowest BCUT2D eigenvalue weighted by molar-refractivity contribution is -0.304. The molecule has 10 heteroatoms. The van der Waals surface area contributed by atoms with Crippen molar-refractivity contribution < 1.29 is 47.1 Å². The van der Waals surface area contributed by atoms with Crippen molar-refractivity contribution in [1.82, 2.24) is 0 Å². The second-order valence-electron chi connectivity index (χ2n) is 12.9. The van der Waals surface area contributed by atoms with Crippen LogP contribution < -0.4 is 0 Å². The molecule has 0 amide bonds. The zero-order valence-corrected chi connectivity index (χ0v) is 29.6. The van der Waals surface area contributed by atoms with Gasteiger partial charge >= 0.3 is 12.3 Å². The van der Waals surface area contributed by atoms with Gasteiger partial charge in [0, 0.05) is 32.1 Å². The van der Waals surface area contributed by atoms with Gasteiger partial charge < -0.3 is 29.2 Å². The number of hydrogen-bond donors (Lipinski definition) is 2. The Labute approximate surface area is 273 Å². The summed E-state index contributed by atoms with van der Waals surface area (Å²) in [6, 6.07) is 0. The molecule has 1 aliphatic heterocycles. The molecular weight excluding hydrogens is 589 g/mol. The molecule has 7 nitrogen and oxygen atoms in total. The Balaban J connectivity index is 0. The van der Waals surface area contributed by atoms with Crippen LogP contribution in [0.2, 0.25) is 0 Å². The smallest absolute Gasteiger partial charge is 0.434 e. The number of aliphatic hydroxyl groups is 4. The van der Waals surface area contributed by atoms with Crippen LogP contribution in [-0.2, 0) is 19.0 Å². The van der Waals surface area contributed by atoms with Gasteiger partial charge in [-0.05, 0) is 18.8 Å². The van der Waals surface area contributed by atoms with E-state index in [2.05, 4.69) is 37.2 Å². The number of esters is 1. The highest BCUT2D eigenvalue weighted by Crippen LogP contribution is 2.26. The lowest BCUT2D eigenvalue weighted by atomic mass is 9.95. The maximum atomic E-state index is 10.9. The summed E-state index contributed by atoms with van der Waals surface area (Å²) in [6.07, 6.45) is 17.4. The van der Waals surface area contributed by atoms with Gasteiger partial charge in [0.15, 0.2) is 6.29 Å². The average molecular weight is 660 g/mol. The normalized spacial score (nSPS) is 19.8. The summed E-state index contributed by atoms with van der Waals surface area (Å²) in [5, 5.41) is 19.3. The highest BCUT2D eigenvalue weighted by Gasteiger charge is 2.35. The number of hydrogen-bond acceptors (Lipinski definition) is 6. The lowest BCUT2D eigenvalue weighted by Gasteiger charge is -2.37. The molecule has 1 heterocycles. The fraction of sp³-hybridized carbons (Fsp3) is 0.971. The number of rotatable bonds is 23. The zero-order chi connectivity index (χ0) is 34.3. The van der Waals surface area contributed by atoms with Gasteiger partial charge in [-0.3, -0.25) is 4.79 Å². The largest absolute Gasteiger partial charge is 0.575 e. The van der Waals surface area contributed by atoms with Gasteiger partial charge in [-0.1, -0.05) is 118 Å². The molecule has 0 bridgehead atoms. The first-order valence-corrected chi connectivity index (χ1v) is 17.8. The summed E-state index contributed by atoms with van der Waals surface area (Å²) < 4.78 is 51.5. The first kappa shape index (κ1) is 46.2. The van der Waals surface area contributed by atoms with E-state index >= 15 is 0 Å². The molecule has 3 unspecified atom stereocenters. The number of aliphatic hydroxyl groups excluding tert-OH is 2. The number of unbranched alkanes of at least 4 members (excludes halogenated alkanes) is 15. The van der Waals surface area contributed by atoms with Crippen LogP contribution in [0.15, 0.2) is 0 Å². The quantitative estimate of drug-likeness (QED) is 0.0646. The van der Waals surface area contributed by atoms with Gasteiger partial charge in [-0.25, -0.2) is 0 Å². The van der Waals surface area contributed by atoms with Gasteiger partial charge in [0.2, 0.25) is 0 Å². The third-order valence-corrected chi connectivity index (χ3v) is 7.24. The van der Waals surface area contributed by atoms with E-state index in [0.29, 0.717) is 20.0 Å². The Morgan fingerprint density at radius 2 is 1.27 bits per heavy atom. The van der Waals surface area contributed by atoms with E-state index in [1.807, 2.05) is 6.92 Å². The van der Waals surface area contributed by atoms with Gasteiger partial charge in [0.25, 0.3) is 0 Å². The van der Waals surface area contributed by atoms with Crippen LogP contribution in [0.1, 0.15) is 157 Å². The minimum atomic E-state index is -4.83. The monoisotopic (exact) mass is 660 g/mol. The molecular formula is C35H70F3O7+. The Bertz CT molecular complexity index is 632. The fourth-order valence-corrected chi connectivity index (χ4v) is 4.74. The summed E-state index contributed by atoms with van der Waals surface area (Å²) in [6.45, 7) is 13.9. The molecule has 45 heavy (non-hydrogen) atoms. The van der Waals surface area contributed by atoms with Crippen molar-refractivity contribution in [2.24, 2.45) is 11.8 Å². The van der Waals surface area contributed by atoms with Crippen molar-refractivity contribution >= 4 is 5.97 Å². The Morgan fingerprint density at radius 3 is 1.64 bits per heavy atom. The molecule has 3 N–H and O–H groups in total. The van der Waals surface area contributed by atoms with E-state index in [1.54, 1.807) is 0 Å². The lowest BCUT2D eigenvalue weighted by Crippen LogP contribution is -2.45. The second kappa shape index (κ2) is 31.6. The van der Waals surface area contributed by atoms with Gasteiger partial charge in [0.05, 0.1) is 25.4 Å². The van der Waals surface area contributed by atoms with E-state index in [-0.39, 0.29) is 18.6 Å². The van der Waals surface area contributed by atoms with Gasteiger partial charge in [-0.2, -0.15) is 0 Å². The summed E-state index contributed by atoms with van der Waals surface area (Å²) in [4.78, 5) is 9.52. The van der Waals surface area contributed by atoms with E-state index in [1.165, 1.54) is 96.3 Å². The number of ether oxygens (including phenoxy) is 4. The third-order valence-electron chi connectivity index (χ3n) is 7.24. The molecule has 0 aromatic rings. The van der Waals surface area contributed by atoms with Crippen molar-refractivity contribution in [2.75, 3.05) is 26.4 Å². The predicted octanol–water partition coefficient (Wildman–Crippen LogP) is 9.02. The highest BCUT2D eigenvalue weighted by molar-refractivity contribution is 5.66. The molecule has 0 aromatic heterocycles. The number of alkyl halides is 3. The standard InChI is InChI=1S/C28H56O5.C4H10.C3H3F3O2/c1-3-4-5-6-7-8-9-10-11-12-13-14-15-16-17-20-31-21-18-19-22-32-28-25(2)27(30)23-26(24-29)33-28;1-4(2)3;1-2(7)8-3(4,5)6/h25-30H,3-24H2,1-2H3;4H,1-3H3;1H3/p+1/t25-,26?,27?,28?;;/m1../s1. The van der Waals surface area contributed by atoms with Crippen LogP contribution in [0.3, 0.4) is 0 Å². The Kier molecular flexibility index (Phi) is 32.5. The molecule has 0 aliphatic carbocycles. The minimum Gasteiger partial charge on any atom is -0.434 e. The van der Waals surface area contributed by atoms with Crippen molar-refractivity contribution in [2.45, 2.75) is 182 Å². The van der Waals surface area contributed by atoms with E-state index in [4.69, 9.17) is 9.47 Å². The first-order chi connectivity index (χ1) is 21.3.